The first-order valence-electron chi connectivity index (χ1n) is 11.8. The third kappa shape index (κ3) is 7.06. The number of nitrogens with zero attached hydrogens (tertiary/aromatic N) is 2. The molecule has 0 amide bonds. The highest BCUT2D eigenvalue weighted by Crippen LogP contribution is 2.34. The maximum Gasteiger partial charge on any atom is 0.247 e. The molecule has 8 heteroatoms. The second-order valence-electron chi connectivity index (χ2n) is 9.89. The lowest BCUT2D eigenvalue weighted by Crippen LogP contribution is -2.49. The second-order valence-corrected chi connectivity index (χ2v) is 11.8. The van der Waals surface area contributed by atoms with E-state index in [2.05, 4.69) is 28.9 Å². The molecular formula is C27H36N2O5S. The third-order valence-electron chi connectivity index (χ3n) is 5.97. The van der Waals surface area contributed by atoms with Gasteiger partial charge in [-0.25, -0.2) is 8.42 Å². The number of rotatable bonds is 6. The van der Waals surface area contributed by atoms with E-state index in [0.717, 1.165) is 6.54 Å². The summed E-state index contributed by atoms with van der Waals surface area (Å²) >= 11 is 0. The molecule has 3 rings (SSSR count). The molecule has 1 heterocycles. The van der Waals surface area contributed by atoms with Crippen molar-refractivity contribution in [2.75, 3.05) is 26.7 Å². The lowest BCUT2D eigenvalue weighted by atomic mass is 10.0. The van der Waals surface area contributed by atoms with E-state index in [1.54, 1.807) is 32.9 Å². The van der Waals surface area contributed by atoms with E-state index in [1.165, 1.54) is 15.9 Å². The Balaban J connectivity index is 2.00. The first-order valence-corrected chi connectivity index (χ1v) is 13.3. The fraction of sp³-hybridized carbons (Fsp3) is 0.481. The van der Waals surface area contributed by atoms with E-state index >= 15 is 0 Å². The summed E-state index contributed by atoms with van der Waals surface area (Å²) in [6.45, 7) is 8.10. The number of aliphatic hydroxyl groups is 2. The molecule has 190 valence electrons. The first kappa shape index (κ1) is 27.2. The standard InChI is InChI=1S/C27H36N2O5S/c1-20-16-29(21(2)19-30)35(32,33)26-12-11-22(13-14-27(3,4)31)15-24(26)34-25(20)18-28(5)17-23-9-7-6-8-10-23/h6-12,15,20-21,25,30-31H,16-19H2,1-5H3/t20-,21+,25-/m1/s1. The molecule has 0 radical (unpaired) electrons. The van der Waals surface area contributed by atoms with Gasteiger partial charge in [0.2, 0.25) is 10.0 Å². The van der Waals surface area contributed by atoms with Gasteiger partial charge in [-0.15, -0.1) is 0 Å². The molecule has 0 bridgehead atoms. The summed E-state index contributed by atoms with van der Waals surface area (Å²) in [5.74, 6) is 5.75. The summed E-state index contributed by atoms with van der Waals surface area (Å²) in [5.41, 5.74) is 0.547. The van der Waals surface area contributed by atoms with Crippen molar-refractivity contribution < 1.29 is 23.4 Å². The van der Waals surface area contributed by atoms with E-state index in [4.69, 9.17) is 4.74 Å². The maximum atomic E-state index is 13.6. The molecule has 7 nitrogen and oxygen atoms in total. The van der Waals surface area contributed by atoms with E-state index in [9.17, 15) is 18.6 Å². The van der Waals surface area contributed by atoms with E-state index in [0.29, 0.717) is 12.1 Å². The minimum Gasteiger partial charge on any atom is -0.487 e. The summed E-state index contributed by atoms with van der Waals surface area (Å²) in [4.78, 5) is 2.21. The van der Waals surface area contributed by atoms with Crippen molar-refractivity contribution in [2.24, 2.45) is 5.92 Å². The van der Waals surface area contributed by atoms with Gasteiger partial charge in [0, 0.05) is 37.2 Å². The number of hydrogen-bond donors (Lipinski definition) is 2. The Kier molecular flexibility index (Phi) is 8.63. The Hall–Kier alpha value is -2.41. The molecule has 0 aromatic heterocycles. The predicted octanol–water partition coefficient (Wildman–Crippen LogP) is 2.71. The van der Waals surface area contributed by atoms with Crippen molar-refractivity contribution in [1.29, 1.82) is 0 Å². The Labute approximate surface area is 209 Å². The van der Waals surface area contributed by atoms with Crippen LogP contribution >= 0.6 is 0 Å². The molecule has 0 unspecified atom stereocenters. The fourth-order valence-corrected chi connectivity index (χ4v) is 5.84. The van der Waals surface area contributed by atoms with Crippen LogP contribution in [0.4, 0.5) is 0 Å². The maximum absolute atomic E-state index is 13.6. The van der Waals surface area contributed by atoms with E-state index < -0.39 is 21.7 Å². The summed E-state index contributed by atoms with van der Waals surface area (Å²) in [5, 5.41) is 19.8. The molecule has 0 saturated heterocycles. The third-order valence-corrected chi connectivity index (χ3v) is 7.99. The van der Waals surface area contributed by atoms with Gasteiger partial charge in [0.15, 0.2) is 0 Å². The van der Waals surface area contributed by atoms with Gasteiger partial charge in [-0.3, -0.25) is 4.90 Å². The fourth-order valence-electron chi connectivity index (χ4n) is 4.01. The number of benzene rings is 2. The zero-order chi connectivity index (χ0) is 25.8. The highest BCUT2D eigenvalue weighted by atomic mass is 32.2. The van der Waals surface area contributed by atoms with Crippen molar-refractivity contribution in [3.8, 4) is 17.6 Å². The van der Waals surface area contributed by atoms with Crippen LogP contribution in [0, 0.1) is 17.8 Å². The second kappa shape index (κ2) is 11.1. The van der Waals surface area contributed by atoms with Gasteiger partial charge in [0.1, 0.15) is 22.4 Å². The van der Waals surface area contributed by atoms with Crippen molar-refractivity contribution in [2.45, 2.75) is 56.9 Å². The van der Waals surface area contributed by atoms with Gasteiger partial charge in [-0.2, -0.15) is 4.31 Å². The lowest BCUT2D eigenvalue weighted by Gasteiger charge is -2.37. The highest BCUT2D eigenvalue weighted by molar-refractivity contribution is 7.89. The quantitative estimate of drug-likeness (QED) is 0.593. The summed E-state index contributed by atoms with van der Waals surface area (Å²) in [6.07, 6.45) is -0.302. The molecule has 1 aliphatic rings. The van der Waals surface area contributed by atoms with Crippen LogP contribution in [-0.2, 0) is 16.6 Å². The minimum absolute atomic E-state index is 0.0502. The number of hydrogen-bond acceptors (Lipinski definition) is 6. The molecule has 0 spiro atoms. The Bertz CT molecular complexity index is 1170. The summed E-state index contributed by atoms with van der Waals surface area (Å²) < 4.78 is 34.9. The van der Waals surface area contributed by atoms with Crippen LogP contribution in [0.25, 0.3) is 0 Å². The Morgan fingerprint density at radius 2 is 1.91 bits per heavy atom. The number of likely N-dealkylation sites (N-methyl/N-ethyl adjacent to an activating group) is 1. The van der Waals surface area contributed by atoms with Crippen LogP contribution in [0.15, 0.2) is 53.4 Å². The zero-order valence-corrected chi connectivity index (χ0v) is 21.9. The smallest absolute Gasteiger partial charge is 0.247 e. The molecule has 35 heavy (non-hydrogen) atoms. The number of aliphatic hydroxyl groups excluding tert-OH is 1. The SMILES string of the molecule is C[C@@H]1CN([C@@H](C)CO)S(=O)(=O)c2ccc(C#CC(C)(C)O)cc2O[C@@H]1CN(C)Cc1ccccc1. The molecule has 0 saturated carbocycles. The van der Waals surface area contributed by atoms with Gasteiger partial charge in [0.05, 0.1) is 6.61 Å². The van der Waals surface area contributed by atoms with Gasteiger partial charge >= 0.3 is 0 Å². The van der Waals surface area contributed by atoms with Gasteiger partial charge in [-0.1, -0.05) is 49.1 Å². The van der Waals surface area contributed by atoms with Crippen LogP contribution in [0.2, 0.25) is 0 Å². The molecule has 0 fully saturated rings. The molecule has 2 N–H and O–H groups in total. The molecule has 1 aliphatic heterocycles. The molecule has 0 aliphatic carbocycles. The number of sulfonamides is 1. The Morgan fingerprint density at radius 3 is 2.54 bits per heavy atom. The summed E-state index contributed by atoms with van der Waals surface area (Å²) in [7, 11) is -1.90. The van der Waals surface area contributed by atoms with Crippen molar-refractivity contribution >= 4 is 10.0 Å². The number of fused-ring (bicyclic) bond motifs is 1. The van der Waals surface area contributed by atoms with Crippen LogP contribution in [0.5, 0.6) is 5.75 Å². The average Bonchev–Trinajstić information content (AvgIpc) is 2.79. The van der Waals surface area contributed by atoms with Crippen LogP contribution in [-0.4, -0.2) is 72.3 Å². The van der Waals surface area contributed by atoms with E-state index in [1.807, 2.05) is 32.2 Å². The van der Waals surface area contributed by atoms with Crippen molar-refractivity contribution in [3.63, 3.8) is 0 Å². The topological polar surface area (TPSA) is 90.3 Å². The Morgan fingerprint density at radius 1 is 1.23 bits per heavy atom. The van der Waals surface area contributed by atoms with Crippen LogP contribution < -0.4 is 4.74 Å². The first-order chi connectivity index (χ1) is 16.4. The average molecular weight is 501 g/mol. The molecule has 3 atom stereocenters. The van der Waals surface area contributed by atoms with Crippen LogP contribution in [0.1, 0.15) is 38.8 Å². The normalized spacial score (nSPS) is 21.1. The van der Waals surface area contributed by atoms with E-state index in [-0.39, 0.29) is 35.8 Å². The largest absolute Gasteiger partial charge is 0.487 e. The highest BCUT2D eigenvalue weighted by Gasteiger charge is 2.38. The zero-order valence-electron chi connectivity index (χ0n) is 21.1. The minimum atomic E-state index is -3.91. The van der Waals surface area contributed by atoms with Crippen molar-refractivity contribution in [3.05, 3.63) is 59.7 Å². The van der Waals surface area contributed by atoms with Gasteiger partial charge < -0.3 is 14.9 Å². The molecule has 2 aromatic rings. The van der Waals surface area contributed by atoms with Gasteiger partial charge in [0.25, 0.3) is 0 Å². The molecule has 2 aromatic carbocycles. The van der Waals surface area contributed by atoms with Crippen molar-refractivity contribution in [1.82, 2.24) is 9.21 Å². The monoisotopic (exact) mass is 500 g/mol. The van der Waals surface area contributed by atoms with Gasteiger partial charge in [-0.05, 0) is 51.6 Å². The molecular weight excluding hydrogens is 464 g/mol. The summed E-state index contributed by atoms with van der Waals surface area (Å²) in [6, 6.07) is 14.3. The number of ether oxygens (including phenoxy) is 1. The van der Waals surface area contributed by atoms with Crippen LogP contribution in [0.3, 0.4) is 0 Å². The lowest BCUT2D eigenvalue weighted by molar-refractivity contribution is 0.0733. The predicted molar refractivity (Wildman–Crippen MR) is 136 cm³/mol.